The van der Waals surface area contributed by atoms with E-state index in [-0.39, 0.29) is 11.9 Å². The lowest BCUT2D eigenvalue weighted by Crippen LogP contribution is -2.39. The van der Waals surface area contributed by atoms with Gasteiger partial charge in [0.05, 0.1) is 13.0 Å². The summed E-state index contributed by atoms with van der Waals surface area (Å²) in [4.78, 5) is 14.2. The smallest absolute Gasteiger partial charge is 0.223 e. The molecule has 1 aromatic carbocycles. The second-order valence-electron chi connectivity index (χ2n) is 6.43. The van der Waals surface area contributed by atoms with Gasteiger partial charge < -0.3 is 14.1 Å². The summed E-state index contributed by atoms with van der Waals surface area (Å²) in [5, 5.41) is 8.15. The molecule has 6 nitrogen and oxygen atoms in total. The predicted molar refractivity (Wildman–Crippen MR) is 95.3 cm³/mol. The zero-order valence-corrected chi connectivity index (χ0v) is 15.5. The average Bonchev–Trinajstić information content (AvgIpc) is 3.00. The molecule has 2 rings (SSSR count). The van der Waals surface area contributed by atoms with Crippen LogP contribution < -0.4 is 0 Å². The molecule has 0 saturated carbocycles. The van der Waals surface area contributed by atoms with Crippen LogP contribution in [0.15, 0.2) is 28.7 Å². The number of aromatic nitrogens is 2. The number of amides is 1. The summed E-state index contributed by atoms with van der Waals surface area (Å²) in [6.45, 7) is 7.18. The Morgan fingerprint density at radius 1 is 1.28 bits per heavy atom. The van der Waals surface area contributed by atoms with E-state index in [1.54, 1.807) is 7.11 Å². The Morgan fingerprint density at radius 3 is 2.72 bits per heavy atom. The van der Waals surface area contributed by atoms with Gasteiger partial charge in [-0.15, -0.1) is 10.2 Å². The second kappa shape index (κ2) is 9.32. The van der Waals surface area contributed by atoms with E-state index in [0.29, 0.717) is 44.2 Å². The van der Waals surface area contributed by atoms with Crippen molar-refractivity contribution in [2.24, 2.45) is 0 Å². The number of methoxy groups -OCH3 is 1. The van der Waals surface area contributed by atoms with Gasteiger partial charge in [-0.3, -0.25) is 4.79 Å². The number of benzene rings is 1. The molecular weight excluding hydrogens is 318 g/mol. The lowest BCUT2D eigenvalue weighted by Gasteiger charge is -2.26. The molecule has 0 fully saturated rings. The molecule has 1 heterocycles. The van der Waals surface area contributed by atoms with Gasteiger partial charge in [0.2, 0.25) is 17.7 Å². The van der Waals surface area contributed by atoms with Crippen LogP contribution in [0.4, 0.5) is 0 Å². The molecule has 0 spiro atoms. The number of aryl methyl sites for hydroxylation is 2. The summed E-state index contributed by atoms with van der Waals surface area (Å²) >= 11 is 0. The fourth-order valence-corrected chi connectivity index (χ4v) is 2.68. The molecule has 136 valence electrons. The van der Waals surface area contributed by atoms with Crippen molar-refractivity contribution in [2.75, 3.05) is 20.3 Å². The minimum Gasteiger partial charge on any atom is -0.425 e. The van der Waals surface area contributed by atoms with Crippen LogP contribution in [0, 0.1) is 6.92 Å². The SMILES string of the molecule is COCCN(C(=O)CCc1nnc(Cc2cccc(C)c2)o1)C(C)C. The number of carbonyl (C=O) groups is 1. The fraction of sp³-hybridized carbons (Fsp3) is 0.526. The van der Waals surface area contributed by atoms with E-state index >= 15 is 0 Å². The summed E-state index contributed by atoms with van der Waals surface area (Å²) in [5.41, 5.74) is 2.34. The van der Waals surface area contributed by atoms with Crippen LogP contribution in [-0.2, 0) is 22.4 Å². The highest BCUT2D eigenvalue weighted by Gasteiger charge is 2.17. The molecule has 0 radical (unpaired) electrons. The molecule has 6 heteroatoms. The summed E-state index contributed by atoms with van der Waals surface area (Å²) in [6, 6.07) is 8.35. The Morgan fingerprint density at radius 2 is 2.04 bits per heavy atom. The van der Waals surface area contributed by atoms with Gasteiger partial charge in [0.25, 0.3) is 0 Å². The first-order valence-electron chi connectivity index (χ1n) is 8.64. The third-order valence-electron chi connectivity index (χ3n) is 3.98. The molecule has 0 aliphatic heterocycles. The predicted octanol–water partition coefficient (Wildman–Crippen LogP) is 2.78. The highest BCUT2D eigenvalue weighted by molar-refractivity contribution is 5.76. The Hall–Kier alpha value is -2.21. The Labute approximate surface area is 149 Å². The topological polar surface area (TPSA) is 68.5 Å². The monoisotopic (exact) mass is 345 g/mol. The molecule has 0 aliphatic rings. The molecule has 0 N–H and O–H groups in total. The van der Waals surface area contributed by atoms with Crippen LogP contribution in [0.5, 0.6) is 0 Å². The largest absolute Gasteiger partial charge is 0.425 e. The third kappa shape index (κ3) is 5.98. The van der Waals surface area contributed by atoms with E-state index in [9.17, 15) is 4.79 Å². The number of hydrogen-bond donors (Lipinski definition) is 0. The maximum absolute atomic E-state index is 12.4. The van der Waals surface area contributed by atoms with Crippen LogP contribution >= 0.6 is 0 Å². The van der Waals surface area contributed by atoms with Gasteiger partial charge in [-0.2, -0.15) is 0 Å². The zero-order valence-electron chi connectivity index (χ0n) is 15.5. The first kappa shape index (κ1) is 19.1. The molecule has 0 saturated heterocycles. The van der Waals surface area contributed by atoms with Crippen LogP contribution in [0.25, 0.3) is 0 Å². The summed E-state index contributed by atoms with van der Waals surface area (Å²) in [6.07, 6.45) is 1.42. The highest BCUT2D eigenvalue weighted by Crippen LogP contribution is 2.12. The summed E-state index contributed by atoms with van der Waals surface area (Å²) < 4.78 is 10.8. The molecule has 1 amide bonds. The van der Waals surface area contributed by atoms with E-state index in [4.69, 9.17) is 9.15 Å². The number of ether oxygens (including phenoxy) is 1. The minimum atomic E-state index is 0.0745. The van der Waals surface area contributed by atoms with Crippen molar-refractivity contribution in [1.82, 2.24) is 15.1 Å². The molecule has 0 bridgehead atoms. The average molecular weight is 345 g/mol. The Kier molecular flexibility index (Phi) is 7.13. The lowest BCUT2D eigenvalue weighted by molar-refractivity contribution is -0.133. The molecular formula is C19H27N3O3. The van der Waals surface area contributed by atoms with Crippen molar-refractivity contribution in [3.05, 3.63) is 47.2 Å². The number of hydrogen-bond acceptors (Lipinski definition) is 5. The molecule has 2 aromatic rings. The Balaban J connectivity index is 1.89. The second-order valence-corrected chi connectivity index (χ2v) is 6.43. The molecule has 1 aromatic heterocycles. The van der Waals surface area contributed by atoms with Gasteiger partial charge in [0, 0.05) is 32.5 Å². The van der Waals surface area contributed by atoms with Gasteiger partial charge in [-0.1, -0.05) is 29.8 Å². The lowest BCUT2D eigenvalue weighted by atomic mass is 10.1. The van der Waals surface area contributed by atoms with E-state index in [2.05, 4.69) is 29.3 Å². The van der Waals surface area contributed by atoms with Gasteiger partial charge in [-0.05, 0) is 26.3 Å². The minimum absolute atomic E-state index is 0.0745. The molecule has 0 unspecified atom stereocenters. The first-order valence-corrected chi connectivity index (χ1v) is 8.64. The first-order chi connectivity index (χ1) is 12.0. The van der Waals surface area contributed by atoms with Crippen LogP contribution in [0.1, 0.15) is 43.2 Å². The maximum Gasteiger partial charge on any atom is 0.223 e. The van der Waals surface area contributed by atoms with Gasteiger partial charge in [-0.25, -0.2) is 0 Å². The van der Waals surface area contributed by atoms with Gasteiger partial charge >= 0.3 is 0 Å². The van der Waals surface area contributed by atoms with E-state index in [0.717, 1.165) is 5.56 Å². The van der Waals surface area contributed by atoms with Crippen LogP contribution in [0.3, 0.4) is 0 Å². The van der Waals surface area contributed by atoms with Crippen molar-refractivity contribution in [3.63, 3.8) is 0 Å². The number of carbonyl (C=O) groups excluding carboxylic acids is 1. The molecule has 25 heavy (non-hydrogen) atoms. The van der Waals surface area contributed by atoms with Crippen molar-refractivity contribution < 1.29 is 13.9 Å². The number of rotatable bonds is 9. The van der Waals surface area contributed by atoms with Crippen LogP contribution in [-0.4, -0.2) is 47.3 Å². The van der Waals surface area contributed by atoms with Crippen molar-refractivity contribution in [2.45, 2.75) is 46.1 Å². The number of nitrogens with zero attached hydrogens (tertiary/aromatic N) is 3. The summed E-state index contributed by atoms with van der Waals surface area (Å²) in [5.74, 6) is 1.16. The van der Waals surface area contributed by atoms with E-state index in [1.165, 1.54) is 5.56 Å². The maximum atomic E-state index is 12.4. The molecule has 0 atom stereocenters. The normalized spacial score (nSPS) is 11.1. The fourth-order valence-electron chi connectivity index (χ4n) is 2.68. The van der Waals surface area contributed by atoms with Crippen LogP contribution in [0.2, 0.25) is 0 Å². The van der Waals surface area contributed by atoms with Gasteiger partial charge in [0.1, 0.15) is 0 Å². The van der Waals surface area contributed by atoms with Crippen molar-refractivity contribution >= 4 is 5.91 Å². The highest BCUT2D eigenvalue weighted by atomic mass is 16.5. The molecule has 0 aliphatic carbocycles. The van der Waals surface area contributed by atoms with E-state index in [1.807, 2.05) is 30.9 Å². The van der Waals surface area contributed by atoms with Crippen molar-refractivity contribution in [1.29, 1.82) is 0 Å². The van der Waals surface area contributed by atoms with E-state index < -0.39 is 0 Å². The zero-order chi connectivity index (χ0) is 18.2. The van der Waals surface area contributed by atoms with Gasteiger partial charge in [0.15, 0.2) is 0 Å². The summed E-state index contributed by atoms with van der Waals surface area (Å²) in [7, 11) is 1.64. The quantitative estimate of drug-likeness (QED) is 0.699. The Bertz CT molecular complexity index is 682. The standard InChI is InChI=1S/C19H27N3O3/c1-14(2)22(10-11-24-4)19(23)9-8-17-20-21-18(25-17)13-16-7-5-6-15(3)12-16/h5-7,12,14H,8-11,13H2,1-4H3. The van der Waals surface area contributed by atoms with Crippen molar-refractivity contribution in [3.8, 4) is 0 Å². The third-order valence-corrected chi connectivity index (χ3v) is 3.98.